The molecule has 1 aliphatic rings. The summed E-state index contributed by atoms with van der Waals surface area (Å²) in [4.78, 5) is 0.154. The Hall–Kier alpha value is -0.000000000000000111. The van der Waals surface area contributed by atoms with E-state index >= 15 is 0 Å². The summed E-state index contributed by atoms with van der Waals surface area (Å²) in [6, 6.07) is 4.91. The zero-order valence-corrected chi connectivity index (χ0v) is 17.3. The van der Waals surface area contributed by atoms with Crippen LogP contribution in [-0.2, 0) is 19.9 Å². The Balaban J connectivity index is 1.92. The fraction of sp³-hybridized carbons (Fsp3) is 0.538. The summed E-state index contributed by atoms with van der Waals surface area (Å²) >= 11 is 6.48. The third-order valence-corrected chi connectivity index (χ3v) is 8.51. The van der Waals surface area contributed by atoms with Crippen molar-refractivity contribution in [2.45, 2.75) is 23.8 Å². The molecular weight excluding hydrogens is 472 g/mol. The maximum Gasteiger partial charge on any atom is 0.241 e. The highest BCUT2D eigenvalue weighted by Crippen LogP contribution is 2.25. The van der Waals surface area contributed by atoms with Crippen LogP contribution in [-0.4, -0.2) is 47.0 Å². The molecule has 0 saturated carbocycles. The number of halogens is 2. The molecule has 1 saturated heterocycles. The van der Waals surface area contributed by atoms with E-state index in [4.69, 9.17) is 0 Å². The summed E-state index contributed by atoms with van der Waals surface area (Å²) in [5.41, 5.74) is -0.485. The molecule has 2 N–H and O–H groups in total. The minimum absolute atomic E-state index is 0.0872. The molecule has 0 aliphatic carbocycles. The van der Waals surface area contributed by atoms with E-state index in [0.717, 1.165) is 0 Å². The first-order chi connectivity index (χ1) is 10.5. The van der Waals surface area contributed by atoms with Crippen molar-refractivity contribution >= 4 is 51.7 Å². The number of hydrogen-bond acceptors (Lipinski definition) is 5. The first kappa shape index (κ1) is 19.3. The van der Waals surface area contributed by atoms with Crippen LogP contribution in [0.2, 0.25) is 0 Å². The summed E-state index contributed by atoms with van der Waals surface area (Å²) in [6.45, 7) is 2.38. The van der Waals surface area contributed by atoms with Crippen molar-refractivity contribution in [3.63, 3.8) is 0 Å². The molecule has 6 nitrogen and oxygen atoms in total. The van der Waals surface area contributed by atoms with Crippen molar-refractivity contribution in [2.24, 2.45) is 0 Å². The van der Waals surface area contributed by atoms with E-state index in [0.29, 0.717) is 21.9 Å². The molecular formula is C13H18Br2N2O4S2. The predicted octanol–water partition coefficient (Wildman–Crippen LogP) is 1.66. The van der Waals surface area contributed by atoms with Crippen LogP contribution in [0.4, 0.5) is 0 Å². The Labute approximate surface area is 153 Å². The summed E-state index contributed by atoms with van der Waals surface area (Å²) in [6.07, 6.45) is 0.541. The monoisotopic (exact) mass is 488 g/mol. The van der Waals surface area contributed by atoms with E-state index in [9.17, 15) is 16.8 Å². The highest BCUT2D eigenvalue weighted by molar-refractivity contribution is 9.11. The molecule has 0 spiro atoms. The molecule has 0 radical (unpaired) electrons. The van der Waals surface area contributed by atoms with Crippen LogP contribution in [0.25, 0.3) is 0 Å². The second-order valence-electron chi connectivity index (χ2n) is 5.80. The lowest BCUT2D eigenvalue weighted by Crippen LogP contribution is -2.46. The van der Waals surface area contributed by atoms with Crippen molar-refractivity contribution in [2.75, 3.05) is 24.6 Å². The molecule has 1 fully saturated rings. The van der Waals surface area contributed by atoms with Crippen LogP contribution in [0.1, 0.15) is 13.3 Å². The van der Waals surface area contributed by atoms with Gasteiger partial charge in [0.1, 0.15) is 0 Å². The van der Waals surface area contributed by atoms with Crippen LogP contribution in [0, 0.1) is 0 Å². The Morgan fingerprint density at radius 1 is 1.26 bits per heavy atom. The third-order valence-electron chi connectivity index (χ3n) is 3.65. The van der Waals surface area contributed by atoms with Crippen LogP contribution in [0.3, 0.4) is 0 Å². The molecule has 0 amide bonds. The number of nitrogens with one attached hydrogen (secondary N) is 2. The number of sulfonamides is 1. The largest absolute Gasteiger partial charge is 0.309 e. The Morgan fingerprint density at radius 3 is 2.57 bits per heavy atom. The van der Waals surface area contributed by atoms with Gasteiger partial charge in [-0.25, -0.2) is 21.6 Å². The van der Waals surface area contributed by atoms with Gasteiger partial charge in [0.25, 0.3) is 0 Å². The summed E-state index contributed by atoms with van der Waals surface area (Å²) in [7, 11) is -6.62. The zero-order valence-electron chi connectivity index (χ0n) is 12.5. The van der Waals surface area contributed by atoms with Gasteiger partial charge in [-0.1, -0.05) is 15.9 Å². The lowest BCUT2D eigenvalue weighted by molar-refractivity contribution is 0.400. The van der Waals surface area contributed by atoms with Gasteiger partial charge in [-0.15, -0.1) is 0 Å². The molecule has 1 atom stereocenters. The zero-order chi connectivity index (χ0) is 17.3. The number of hydrogen-bond donors (Lipinski definition) is 2. The second kappa shape index (κ2) is 7.09. The number of sulfone groups is 1. The van der Waals surface area contributed by atoms with Gasteiger partial charge < -0.3 is 5.32 Å². The molecule has 1 aromatic rings. The molecule has 2 rings (SSSR count). The predicted molar refractivity (Wildman–Crippen MR) is 96.7 cm³/mol. The van der Waals surface area contributed by atoms with Gasteiger partial charge in [0.2, 0.25) is 10.0 Å². The van der Waals surface area contributed by atoms with Crippen LogP contribution >= 0.6 is 31.9 Å². The fourth-order valence-corrected chi connectivity index (χ4v) is 7.12. The molecule has 1 aromatic carbocycles. The summed E-state index contributed by atoms with van der Waals surface area (Å²) in [5.74, 6) is 0.261. The first-order valence-electron chi connectivity index (χ1n) is 6.93. The highest BCUT2D eigenvalue weighted by atomic mass is 79.9. The van der Waals surface area contributed by atoms with E-state index in [1.54, 1.807) is 12.1 Å². The van der Waals surface area contributed by atoms with E-state index in [1.807, 2.05) is 6.92 Å². The van der Waals surface area contributed by atoms with Crippen LogP contribution in [0.15, 0.2) is 32.0 Å². The smallest absolute Gasteiger partial charge is 0.241 e. The lowest BCUT2D eigenvalue weighted by atomic mass is 10.0. The van der Waals surface area contributed by atoms with Gasteiger partial charge in [0.05, 0.1) is 16.4 Å². The number of benzene rings is 1. The topological polar surface area (TPSA) is 92.3 Å². The van der Waals surface area contributed by atoms with Gasteiger partial charge in [-0.05, 0) is 47.5 Å². The van der Waals surface area contributed by atoms with Crippen LogP contribution in [0.5, 0.6) is 0 Å². The van der Waals surface area contributed by atoms with Gasteiger partial charge in [-0.3, -0.25) is 0 Å². The minimum Gasteiger partial charge on any atom is -0.309 e. The minimum atomic E-state index is -3.64. The van der Waals surface area contributed by atoms with Crippen LogP contribution < -0.4 is 10.0 Å². The van der Waals surface area contributed by atoms with Gasteiger partial charge in [0.15, 0.2) is 9.84 Å². The fourth-order valence-electron chi connectivity index (χ4n) is 2.46. The van der Waals surface area contributed by atoms with Gasteiger partial charge >= 0.3 is 0 Å². The van der Waals surface area contributed by atoms with E-state index in [1.165, 1.54) is 6.07 Å². The normalized spacial score (nSPS) is 24.0. The molecule has 1 aliphatic heterocycles. The van der Waals surface area contributed by atoms with Crippen molar-refractivity contribution in [1.82, 2.24) is 10.0 Å². The average molecular weight is 490 g/mol. The Kier molecular flexibility index (Phi) is 5.95. The van der Waals surface area contributed by atoms with Crippen molar-refractivity contribution in [1.29, 1.82) is 0 Å². The van der Waals surface area contributed by atoms with E-state index in [-0.39, 0.29) is 22.9 Å². The third kappa shape index (κ3) is 5.23. The Morgan fingerprint density at radius 2 is 1.96 bits per heavy atom. The second-order valence-corrected chi connectivity index (χ2v) is 11.5. The first-order valence-corrected chi connectivity index (χ1v) is 11.8. The molecule has 0 aromatic heterocycles. The van der Waals surface area contributed by atoms with Crippen molar-refractivity contribution in [3.8, 4) is 0 Å². The van der Waals surface area contributed by atoms with E-state index in [2.05, 4.69) is 41.9 Å². The SMILES string of the molecule is C[C@@]1(NCCNS(=O)(=O)c2cc(Br)ccc2Br)CCS(=O)(=O)C1. The molecule has 23 heavy (non-hydrogen) atoms. The summed E-state index contributed by atoms with van der Waals surface area (Å²) < 4.78 is 51.3. The van der Waals surface area contributed by atoms with Gasteiger partial charge in [-0.2, -0.15) is 0 Å². The van der Waals surface area contributed by atoms with Crippen molar-refractivity contribution in [3.05, 3.63) is 27.1 Å². The van der Waals surface area contributed by atoms with Gasteiger partial charge in [0, 0.05) is 27.6 Å². The maximum atomic E-state index is 12.3. The maximum absolute atomic E-state index is 12.3. The van der Waals surface area contributed by atoms with Crippen molar-refractivity contribution < 1.29 is 16.8 Å². The van der Waals surface area contributed by atoms with E-state index < -0.39 is 25.4 Å². The molecule has 1 heterocycles. The molecule has 130 valence electrons. The average Bonchev–Trinajstić information content (AvgIpc) is 2.72. The standard InChI is InChI=1S/C13H18Br2N2O4S2/c1-13(4-7-22(18,19)9-13)16-5-6-17-23(20,21)12-8-10(14)2-3-11(12)15/h2-3,8,16-17H,4-7,9H2,1H3/t13-/m1/s1. The molecule has 0 unspecified atom stereocenters. The molecule has 10 heteroatoms. The number of rotatable bonds is 6. The summed E-state index contributed by atoms with van der Waals surface area (Å²) in [5, 5.41) is 3.14. The highest BCUT2D eigenvalue weighted by Gasteiger charge is 2.37. The molecule has 0 bridgehead atoms. The Bertz CT molecular complexity index is 796. The lowest BCUT2D eigenvalue weighted by Gasteiger charge is -2.24. The quantitative estimate of drug-likeness (QED) is 0.593.